The van der Waals surface area contributed by atoms with Crippen molar-refractivity contribution < 1.29 is 0 Å². The zero-order valence-electron chi connectivity index (χ0n) is 13.2. The van der Waals surface area contributed by atoms with E-state index in [4.69, 9.17) is 4.99 Å². The van der Waals surface area contributed by atoms with E-state index >= 15 is 0 Å². The smallest absolute Gasteiger partial charge is 0.141 e. The standard InChI is InChI=1S/C22H16N2/c1-2-7-16(8-3-1)17-10-6-11-18(13-17)21-15-24-14-19-9-4-5-12-20(19)22(24)23-21/h1-14H,15H2. The first kappa shape index (κ1) is 13.3. The molecule has 24 heavy (non-hydrogen) atoms. The number of nitrogens with zero attached hydrogens (tertiary/aromatic N) is 2. The average Bonchev–Trinajstić information content (AvgIpc) is 3.21. The van der Waals surface area contributed by atoms with Crippen LogP contribution in [0.2, 0.25) is 0 Å². The summed E-state index contributed by atoms with van der Waals surface area (Å²) in [6, 6.07) is 27.6. The minimum atomic E-state index is 0.836. The van der Waals surface area contributed by atoms with Crippen molar-refractivity contribution in [3.63, 3.8) is 0 Å². The van der Waals surface area contributed by atoms with Gasteiger partial charge in [-0.25, -0.2) is 4.99 Å². The fourth-order valence-corrected chi connectivity index (χ4v) is 3.43. The second-order valence-corrected chi connectivity index (χ2v) is 6.17. The third-order valence-electron chi connectivity index (χ3n) is 4.63. The first-order valence-corrected chi connectivity index (χ1v) is 8.20. The van der Waals surface area contributed by atoms with Gasteiger partial charge < -0.3 is 4.57 Å². The van der Waals surface area contributed by atoms with Gasteiger partial charge in [0.05, 0.1) is 12.3 Å². The molecule has 0 aliphatic carbocycles. The maximum Gasteiger partial charge on any atom is 0.141 e. The molecule has 0 atom stereocenters. The summed E-state index contributed by atoms with van der Waals surface area (Å²) in [5.74, 6) is 1.07. The van der Waals surface area contributed by atoms with E-state index in [0.29, 0.717) is 0 Å². The van der Waals surface area contributed by atoms with Gasteiger partial charge in [0.15, 0.2) is 0 Å². The van der Waals surface area contributed by atoms with Crippen LogP contribution in [-0.2, 0) is 6.54 Å². The van der Waals surface area contributed by atoms with Gasteiger partial charge in [-0.2, -0.15) is 0 Å². The Balaban J connectivity index is 1.58. The lowest BCUT2D eigenvalue weighted by molar-refractivity contribution is 0.906. The molecule has 0 saturated heterocycles. The molecule has 0 amide bonds. The average molecular weight is 308 g/mol. The van der Waals surface area contributed by atoms with Crippen LogP contribution in [0.15, 0.2) is 90.1 Å². The molecule has 0 radical (unpaired) electrons. The van der Waals surface area contributed by atoms with E-state index in [1.807, 2.05) is 6.07 Å². The van der Waals surface area contributed by atoms with Crippen LogP contribution in [0.3, 0.4) is 0 Å². The minimum absolute atomic E-state index is 0.836. The molecule has 2 nitrogen and oxygen atoms in total. The summed E-state index contributed by atoms with van der Waals surface area (Å²) in [6.45, 7) is 0.836. The van der Waals surface area contributed by atoms with Crippen molar-refractivity contribution in [2.24, 2.45) is 4.99 Å². The predicted molar refractivity (Wildman–Crippen MR) is 100 cm³/mol. The summed E-state index contributed by atoms with van der Waals surface area (Å²) < 4.78 is 2.25. The van der Waals surface area contributed by atoms with E-state index < -0.39 is 0 Å². The Morgan fingerprint density at radius 1 is 0.708 bits per heavy atom. The van der Waals surface area contributed by atoms with Gasteiger partial charge >= 0.3 is 0 Å². The van der Waals surface area contributed by atoms with Gasteiger partial charge in [0.2, 0.25) is 0 Å². The van der Waals surface area contributed by atoms with E-state index in [0.717, 1.165) is 18.1 Å². The minimum Gasteiger partial charge on any atom is -0.326 e. The summed E-state index contributed by atoms with van der Waals surface area (Å²) in [4.78, 5) is 4.92. The Labute approximate surface area is 140 Å². The maximum atomic E-state index is 4.92. The first-order chi connectivity index (χ1) is 11.9. The summed E-state index contributed by atoms with van der Waals surface area (Å²) in [6.07, 6.45) is 2.20. The molecule has 5 rings (SSSR count). The monoisotopic (exact) mass is 308 g/mol. The fourth-order valence-electron chi connectivity index (χ4n) is 3.43. The largest absolute Gasteiger partial charge is 0.326 e. The van der Waals surface area contributed by atoms with Crippen LogP contribution in [0.5, 0.6) is 0 Å². The Bertz CT molecular complexity index is 1070. The summed E-state index contributed by atoms with van der Waals surface area (Å²) >= 11 is 0. The van der Waals surface area contributed by atoms with Gasteiger partial charge in [-0.1, -0.05) is 72.8 Å². The number of rotatable bonds is 2. The summed E-state index contributed by atoms with van der Waals surface area (Å²) in [7, 11) is 0. The lowest BCUT2D eigenvalue weighted by atomic mass is 10.0. The second kappa shape index (κ2) is 5.20. The zero-order valence-corrected chi connectivity index (χ0v) is 13.2. The quantitative estimate of drug-likeness (QED) is 0.469. The molecule has 0 bridgehead atoms. The van der Waals surface area contributed by atoms with E-state index in [1.54, 1.807) is 0 Å². The Morgan fingerprint density at radius 2 is 1.46 bits per heavy atom. The number of hydrogen-bond donors (Lipinski definition) is 0. The van der Waals surface area contributed by atoms with Crippen LogP contribution in [0, 0.1) is 0 Å². The van der Waals surface area contributed by atoms with Crippen molar-refractivity contribution in [3.05, 3.63) is 90.6 Å². The van der Waals surface area contributed by atoms with Gasteiger partial charge in [0.25, 0.3) is 0 Å². The van der Waals surface area contributed by atoms with E-state index in [1.165, 1.54) is 27.5 Å². The molecule has 3 aromatic carbocycles. The molecule has 0 saturated carbocycles. The first-order valence-electron chi connectivity index (χ1n) is 8.20. The van der Waals surface area contributed by atoms with Crippen LogP contribution < -0.4 is 0 Å². The molecule has 0 fully saturated rings. The molecule has 114 valence electrons. The van der Waals surface area contributed by atoms with Crippen LogP contribution in [0.4, 0.5) is 5.82 Å². The zero-order chi connectivity index (χ0) is 15.9. The number of aromatic nitrogens is 1. The van der Waals surface area contributed by atoms with Gasteiger partial charge in [-0.3, -0.25) is 0 Å². The van der Waals surface area contributed by atoms with Crippen LogP contribution in [-0.4, -0.2) is 10.3 Å². The fraction of sp³-hybridized carbons (Fsp3) is 0.0455. The number of aliphatic imine (C=N–C) groups is 1. The molecule has 0 N–H and O–H groups in total. The van der Waals surface area contributed by atoms with E-state index in [9.17, 15) is 0 Å². The third kappa shape index (κ3) is 2.08. The second-order valence-electron chi connectivity index (χ2n) is 6.17. The highest BCUT2D eigenvalue weighted by Crippen LogP contribution is 2.33. The molecule has 1 aliphatic rings. The molecular formula is C22H16N2. The molecular weight excluding hydrogens is 292 g/mol. The molecule has 2 heterocycles. The van der Waals surface area contributed by atoms with Crippen molar-refractivity contribution in [2.45, 2.75) is 6.54 Å². The molecule has 0 spiro atoms. The highest BCUT2D eigenvalue weighted by atomic mass is 15.1. The summed E-state index contributed by atoms with van der Waals surface area (Å²) in [5.41, 5.74) is 4.80. The molecule has 1 aliphatic heterocycles. The maximum absolute atomic E-state index is 4.92. The highest BCUT2D eigenvalue weighted by Gasteiger charge is 2.18. The van der Waals surface area contributed by atoms with Crippen molar-refractivity contribution in [1.29, 1.82) is 0 Å². The molecule has 2 heteroatoms. The lowest BCUT2D eigenvalue weighted by Crippen LogP contribution is -2.04. The topological polar surface area (TPSA) is 17.3 Å². The van der Waals surface area contributed by atoms with Crippen LogP contribution in [0.25, 0.3) is 21.9 Å². The van der Waals surface area contributed by atoms with Crippen molar-refractivity contribution >= 4 is 22.3 Å². The van der Waals surface area contributed by atoms with E-state index in [2.05, 4.69) is 83.6 Å². The van der Waals surface area contributed by atoms with Gasteiger partial charge in [0.1, 0.15) is 5.82 Å². The SMILES string of the molecule is c1ccc(-c2cccc(C3=Nc4c5ccccc5cn4C3)c2)cc1. The van der Waals surface area contributed by atoms with Gasteiger partial charge in [-0.05, 0) is 22.8 Å². The van der Waals surface area contributed by atoms with Crippen molar-refractivity contribution in [1.82, 2.24) is 4.57 Å². The normalized spacial score (nSPS) is 13.1. The molecule has 4 aromatic rings. The highest BCUT2D eigenvalue weighted by molar-refractivity contribution is 6.08. The van der Waals surface area contributed by atoms with Gasteiger partial charge in [0, 0.05) is 17.0 Å². The molecule has 0 unspecified atom stereocenters. The van der Waals surface area contributed by atoms with Gasteiger partial charge in [-0.15, -0.1) is 0 Å². The number of fused-ring (bicyclic) bond motifs is 3. The Kier molecular flexibility index (Phi) is 2.89. The third-order valence-corrected chi connectivity index (χ3v) is 4.63. The van der Waals surface area contributed by atoms with Crippen molar-refractivity contribution in [2.75, 3.05) is 0 Å². The Hall–Kier alpha value is -3.13. The van der Waals surface area contributed by atoms with Crippen LogP contribution in [0.1, 0.15) is 5.56 Å². The number of hydrogen-bond acceptors (Lipinski definition) is 1. The lowest BCUT2D eigenvalue weighted by Gasteiger charge is -2.06. The summed E-state index contributed by atoms with van der Waals surface area (Å²) in [5, 5.41) is 2.49. The number of benzene rings is 3. The van der Waals surface area contributed by atoms with Crippen molar-refractivity contribution in [3.8, 4) is 11.1 Å². The van der Waals surface area contributed by atoms with E-state index in [-0.39, 0.29) is 0 Å². The van der Waals surface area contributed by atoms with Crippen LogP contribution >= 0.6 is 0 Å². The Morgan fingerprint density at radius 3 is 2.38 bits per heavy atom. The molecule has 1 aromatic heterocycles. The predicted octanol–water partition coefficient (Wildman–Crippen LogP) is 5.44.